The van der Waals surface area contributed by atoms with Crippen LogP contribution in [0.5, 0.6) is 0 Å². The maximum absolute atomic E-state index is 11.7. The van der Waals surface area contributed by atoms with Crippen molar-refractivity contribution in [3.05, 3.63) is 29.3 Å². The van der Waals surface area contributed by atoms with Gasteiger partial charge in [-0.2, -0.15) is 0 Å². The first-order chi connectivity index (χ1) is 9.37. The second kappa shape index (κ2) is 6.01. The molecule has 0 aliphatic carbocycles. The van der Waals surface area contributed by atoms with Crippen LogP contribution in [0.15, 0.2) is 24.3 Å². The number of carboxylic acid groups (broad SMARTS) is 1. The molecule has 0 saturated carbocycles. The van der Waals surface area contributed by atoms with Crippen molar-refractivity contribution in [3.8, 4) is 0 Å². The van der Waals surface area contributed by atoms with Crippen LogP contribution in [0.3, 0.4) is 0 Å². The van der Waals surface area contributed by atoms with Crippen molar-refractivity contribution in [1.29, 1.82) is 0 Å². The van der Waals surface area contributed by atoms with E-state index in [1.807, 2.05) is 0 Å². The summed E-state index contributed by atoms with van der Waals surface area (Å²) in [6.45, 7) is -0.220. The third-order valence-electron chi connectivity index (χ3n) is 3.34. The van der Waals surface area contributed by atoms with Gasteiger partial charge in [0.25, 0.3) is 0 Å². The third-order valence-corrected chi connectivity index (χ3v) is 5.40. The van der Waals surface area contributed by atoms with Crippen molar-refractivity contribution < 1.29 is 18.3 Å². The van der Waals surface area contributed by atoms with E-state index in [0.29, 0.717) is 23.6 Å². The van der Waals surface area contributed by atoms with Crippen molar-refractivity contribution in [1.82, 2.24) is 0 Å². The van der Waals surface area contributed by atoms with Crippen LogP contribution in [-0.4, -0.2) is 43.6 Å². The fourth-order valence-electron chi connectivity index (χ4n) is 2.45. The van der Waals surface area contributed by atoms with E-state index in [0.717, 1.165) is 0 Å². The molecule has 1 aliphatic rings. The van der Waals surface area contributed by atoms with Gasteiger partial charge in [0.15, 0.2) is 9.84 Å². The quantitative estimate of drug-likeness (QED) is 0.916. The molecule has 1 unspecified atom stereocenters. The molecule has 7 heteroatoms. The fraction of sp³-hybridized carbons (Fsp3) is 0.462. The smallest absolute Gasteiger partial charge is 0.323 e. The van der Waals surface area contributed by atoms with E-state index >= 15 is 0 Å². The van der Waals surface area contributed by atoms with Gasteiger partial charge in [-0.1, -0.05) is 11.6 Å². The number of carboxylic acids is 1. The molecule has 1 aromatic rings. The van der Waals surface area contributed by atoms with Crippen LogP contribution >= 0.6 is 11.6 Å². The van der Waals surface area contributed by atoms with Crippen LogP contribution in [0.25, 0.3) is 0 Å². The molecule has 0 aromatic heterocycles. The van der Waals surface area contributed by atoms with Gasteiger partial charge in [0.1, 0.15) is 6.54 Å². The molecule has 1 N–H and O–H groups in total. The highest BCUT2D eigenvalue weighted by Gasteiger charge is 2.30. The van der Waals surface area contributed by atoms with Gasteiger partial charge in [-0.05, 0) is 37.1 Å². The number of hydrogen-bond acceptors (Lipinski definition) is 4. The van der Waals surface area contributed by atoms with E-state index in [4.69, 9.17) is 16.7 Å². The van der Waals surface area contributed by atoms with Crippen LogP contribution in [0.1, 0.15) is 12.8 Å². The lowest BCUT2D eigenvalue weighted by molar-refractivity contribution is -0.135. The van der Waals surface area contributed by atoms with Gasteiger partial charge in [-0.3, -0.25) is 4.79 Å². The molecular formula is C13H16ClNO4S. The molecular weight excluding hydrogens is 302 g/mol. The van der Waals surface area contributed by atoms with Gasteiger partial charge >= 0.3 is 5.97 Å². The summed E-state index contributed by atoms with van der Waals surface area (Å²) in [6.07, 6.45) is 1.24. The Bertz CT molecular complexity index is 585. The molecule has 0 bridgehead atoms. The summed E-state index contributed by atoms with van der Waals surface area (Å²) in [7, 11) is -3.09. The maximum Gasteiger partial charge on any atom is 0.323 e. The minimum absolute atomic E-state index is 0.00288. The maximum atomic E-state index is 11.7. The van der Waals surface area contributed by atoms with Crippen molar-refractivity contribution in [2.24, 2.45) is 0 Å². The van der Waals surface area contributed by atoms with Crippen molar-refractivity contribution in [2.75, 3.05) is 23.0 Å². The molecule has 0 spiro atoms. The lowest BCUT2D eigenvalue weighted by Crippen LogP contribution is -2.46. The standard InChI is InChI=1S/C13H16ClNO4S/c14-10-3-5-11(6-4-10)15(8-13(16)17)12-2-1-7-20(18,19)9-12/h3-6,12H,1-2,7-9H2,(H,16,17). The molecule has 1 aromatic carbocycles. The molecule has 1 aliphatic heterocycles. The van der Waals surface area contributed by atoms with Crippen LogP contribution in [-0.2, 0) is 14.6 Å². The molecule has 1 fully saturated rings. The Morgan fingerprint density at radius 3 is 2.55 bits per heavy atom. The lowest BCUT2D eigenvalue weighted by atomic mass is 10.1. The molecule has 0 radical (unpaired) electrons. The minimum atomic E-state index is -3.09. The van der Waals surface area contributed by atoms with Gasteiger partial charge in [0.05, 0.1) is 11.5 Å². The molecule has 2 rings (SSSR count). The number of aliphatic carboxylic acids is 1. The van der Waals surface area contributed by atoms with Gasteiger partial charge in [0.2, 0.25) is 0 Å². The molecule has 20 heavy (non-hydrogen) atoms. The number of anilines is 1. The molecule has 1 atom stereocenters. The summed E-state index contributed by atoms with van der Waals surface area (Å²) in [4.78, 5) is 12.7. The van der Waals surface area contributed by atoms with E-state index < -0.39 is 15.8 Å². The average molecular weight is 318 g/mol. The highest BCUT2D eigenvalue weighted by molar-refractivity contribution is 7.91. The average Bonchev–Trinajstić information content (AvgIpc) is 2.36. The number of hydrogen-bond donors (Lipinski definition) is 1. The number of carbonyl (C=O) groups is 1. The first-order valence-electron chi connectivity index (χ1n) is 6.32. The highest BCUT2D eigenvalue weighted by Crippen LogP contribution is 2.25. The Kier molecular flexibility index (Phi) is 4.55. The zero-order valence-electron chi connectivity index (χ0n) is 10.8. The molecule has 1 saturated heterocycles. The molecule has 110 valence electrons. The van der Waals surface area contributed by atoms with Crippen LogP contribution in [0, 0.1) is 0 Å². The number of nitrogens with zero attached hydrogens (tertiary/aromatic N) is 1. The summed E-state index contributed by atoms with van der Waals surface area (Å²) in [6, 6.07) is 6.47. The van der Waals surface area contributed by atoms with Crippen molar-refractivity contribution >= 4 is 33.1 Å². The number of sulfone groups is 1. The Morgan fingerprint density at radius 2 is 2.00 bits per heavy atom. The summed E-state index contributed by atoms with van der Waals surface area (Å²) in [5.74, 6) is -0.795. The summed E-state index contributed by atoms with van der Waals surface area (Å²) >= 11 is 5.82. The topological polar surface area (TPSA) is 74.7 Å². The largest absolute Gasteiger partial charge is 0.480 e. The summed E-state index contributed by atoms with van der Waals surface area (Å²) in [5.41, 5.74) is 0.680. The second-order valence-corrected chi connectivity index (χ2v) is 7.57. The SMILES string of the molecule is O=C(O)CN(c1ccc(Cl)cc1)C1CCCS(=O)(=O)C1. The minimum Gasteiger partial charge on any atom is -0.480 e. The van der Waals surface area contributed by atoms with E-state index in [-0.39, 0.29) is 24.1 Å². The third kappa shape index (κ3) is 3.86. The van der Waals surface area contributed by atoms with Crippen LogP contribution in [0.4, 0.5) is 5.69 Å². The molecule has 5 nitrogen and oxygen atoms in total. The predicted octanol–water partition coefficient (Wildman–Crippen LogP) is 1.81. The summed E-state index contributed by atoms with van der Waals surface area (Å²) in [5, 5.41) is 9.60. The van der Waals surface area contributed by atoms with Crippen LogP contribution in [0.2, 0.25) is 5.02 Å². The zero-order valence-corrected chi connectivity index (χ0v) is 12.4. The number of benzene rings is 1. The van der Waals surface area contributed by atoms with Gasteiger partial charge in [-0.15, -0.1) is 0 Å². The van der Waals surface area contributed by atoms with Gasteiger partial charge in [-0.25, -0.2) is 8.42 Å². The number of halogens is 1. The van der Waals surface area contributed by atoms with Crippen molar-refractivity contribution in [3.63, 3.8) is 0 Å². The van der Waals surface area contributed by atoms with E-state index in [2.05, 4.69) is 0 Å². The van der Waals surface area contributed by atoms with E-state index in [1.54, 1.807) is 29.2 Å². The molecule has 1 heterocycles. The Balaban J connectivity index is 2.27. The first-order valence-corrected chi connectivity index (χ1v) is 8.52. The van der Waals surface area contributed by atoms with E-state index in [1.165, 1.54) is 0 Å². The first kappa shape index (κ1) is 15.1. The zero-order chi connectivity index (χ0) is 14.8. The van der Waals surface area contributed by atoms with Crippen LogP contribution < -0.4 is 4.90 Å². The number of rotatable bonds is 4. The lowest BCUT2D eigenvalue weighted by Gasteiger charge is -2.34. The van der Waals surface area contributed by atoms with Gasteiger partial charge < -0.3 is 10.0 Å². The second-order valence-electron chi connectivity index (χ2n) is 4.91. The van der Waals surface area contributed by atoms with Gasteiger partial charge in [0, 0.05) is 16.8 Å². The Hall–Kier alpha value is -1.27. The Labute approximate surface area is 123 Å². The van der Waals surface area contributed by atoms with E-state index in [9.17, 15) is 13.2 Å². The Morgan fingerprint density at radius 1 is 1.35 bits per heavy atom. The fourth-order valence-corrected chi connectivity index (χ4v) is 4.29. The normalized spacial score (nSPS) is 21.4. The summed E-state index contributed by atoms with van der Waals surface area (Å²) < 4.78 is 23.5. The van der Waals surface area contributed by atoms with Crippen molar-refractivity contribution in [2.45, 2.75) is 18.9 Å². The monoisotopic (exact) mass is 317 g/mol. The predicted molar refractivity (Wildman–Crippen MR) is 78.1 cm³/mol. The highest BCUT2D eigenvalue weighted by atomic mass is 35.5. The molecule has 0 amide bonds.